The van der Waals surface area contributed by atoms with Crippen molar-refractivity contribution in [3.63, 3.8) is 0 Å². The molecule has 1 amide bonds. The van der Waals surface area contributed by atoms with Crippen molar-refractivity contribution in [2.24, 2.45) is 0 Å². The molecule has 3 rings (SSSR count). The molecular formula is C20H29N3O2. The Labute approximate surface area is 150 Å². The van der Waals surface area contributed by atoms with E-state index < -0.39 is 0 Å². The van der Waals surface area contributed by atoms with Gasteiger partial charge in [-0.05, 0) is 18.4 Å². The van der Waals surface area contributed by atoms with Crippen LogP contribution in [-0.4, -0.2) is 74.2 Å². The molecule has 1 unspecified atom stereocenters. The van der Waals surface area contributed by atoms with E-state index >= 15 is 0 Å². The average molecular weight is 343 g/mol. The molecule has 0 saturated carbocycles. The summed E-state index contributed by atoms with van der Waals surface area (Å²) >= 11 is 0. The third-order valence-electron chi connectivity index (χ3n) is 4.87. The smallest absolute Gasteiger partial charge is 0.236 e. The lowest BCUT2D eigenvalue weighted by atomic mass is 10.2. The molecule has 0 aromatic heterocycles. The number of carbonyl (C=O) groups is 1. The normalized spacial score (nSPS) is 21.9. The van der Waals surface area contributed by atoms with Crippen molar-refractivity contribution >= 4 is 12.0 Å². The highest BCUT2D eigenvalue weighted by Gasteiger charge is 2.21. The number of hydrogen-bond acceptors (Lipinski definition) is 4. The van der Waals surface area contributed by atoms with Gasteiger partial charge in [-0.2, -0.15) is 0 Å². The Morgan fingerprint density at radius 2 is 2.00 bits per heavy atom. The quantitative estimate of drug-likeness (QED) is 0.817. The van der Waals surface area contributed by atoms with Crippen LogP contribution in [0, 0.1) is 0 Å². The van der Waals surface area contributed by atoms with Crippen molar-refractivity contribution in [2.75, 3.05) is 52.4 Å². The number of rotatable bonds is 7. The van der Waals surface area contributed by atoms with Crippen LogP contribution in [0.25, 0.3) is 6.08 Å². The van der Waals surface area contributed by atoms with Crippen LogP contribution in [0.3, 0.4) is 0 Å². The number of hydrogen-bond donors (Lipinski definition) is 1. The molecule has 0 aliphatic carbocycles. The molecule has 136 valence electrons. The predicted octanol–water partition coefficient (Wildman–Crippen LogP) is 1.61. The van der Waals surface area contributed by atoms with Gasteiger partial charge in [-0.25, -0.2) is 0 Å². The van der Waals surface area contributed by atoms with Crippen LogP contribution in [0.2, 0.25) is 0 Å². The number of nitrogens with one attached hydrogen (secondary N) is 1. The van der Waals surface area contributed by atoms with E-state index in [9.17, 15) is 4.79 Å². The fraction of sp³-hybridized carbons (Fsp3) is 0.550. The average Bonchev–Trinajstić information content (AvgIpc) is 3.16. The zero-order valence-electron chi connectivity index (χ0n) is 14.9. The maximum atomic E-state index is 12.3. The Morgan fingerprint density at radius 1 is 1.20 bits per heavy atom. The molecule has 2 saturated heterocycles. The lowest BCUT2D eigenvalue weighted by Gasteiger charge is -2.34. The van der Waals surface area contributed by atoms with Gasteiger partial charge in [0.1, 0.15) is 0 Å². The summed E-state index contributed by atoms with van der Waals surface area (Å²) in [4.78, 5) is 16.6. The molecule has 2 aliphatic rings. The SMILES string of the molecule is O=C(CNCC1CCCO1)N1CCN(C/C=C/c2ccccc2)CC1. The van der Waals surface area contributed by atoms with Crippen molar-refractivity contribution in [1.29, 1.82) is 0 Å². The highest BCUT2D eigenvalue weighted by atomic mass is 16.5. The Kier molecular flexibility index (Phi) is 7.03. The summed E-state index contributed by atoms with van der Waals surface area (Å²) in [6, 6.07) is 10.4. The van der Waals surface area contributed by atoms with Crippen LogP contribution in [0.5, 0.6) is 0 Å². The van der Waals surface area contributed by atoms with Gasteiger partial charge in [0.15, 0.2) is 0 Å². The Balaban J connectivity index is 1.31. The highest BCUT2D eigenvalue weighted by molar-refractivity contribution is 5.78. The monoisotopic (exact) mass is 343 g/mol. The fourth-order valence-corrected chi connectivity index (χ4v) is 3.34. The van der Waals surface area contributed by atoms with Gasteiger partial charge in [-0.15, -0.1) is 0 Å². The summed E-state index contributed by atoms with van der Waals surface area (Å²) in [7, 11) is 0. The molecule has 5 nitrogen and oxygen atoms in total. The maximum Gasteiger partial charge on any atom is 0.236 e. The van der Waals surface area contributed by atoms with E-state index in [-0.39, 0.29) is 5.91 Å². The van der Waals surface area contributed by atoms with Crippen LogP contribution in [0.15, 0.2) is 36.4 Å². The lowest BCUT2D eigenvalue weighted by molar-refractivity contribution is -0.131. The lowest BCUT2D eigenvalue weighted by Crippen LogP contribution is -2.51. The first-order chi connectivity index (χ1) is 12.3. The van der Waals surface area contributed by atoms with Gasteiger partial charge in [-0.3, -0.25) is 9.69 Å². The van der Waals surface area contributed by atoms with Gasteiger partial charge in [0, 0.05) is 45.9 Å². The molecule has 1 atom stereocenters. The van der Waals surface area contributed by atoms with Crippen molar-refractivity contribution in [2.45, 2.75) is 18.9 Å². The first kappa shape index (κ1) is 18.1. The van der Waals surface area contributed by atoms with E-state index in [0.29, 0.717) is 12.6 Å². The van der Waals surface area contributed by atoms with Gasteiger partial charge in [0.05, 0.1) is 12.6 Å². The first-order valence-electron chi connectivity index (χ1n) is 9.35. The molecule has 1 N–H and O–H groups in total. The number of ether oxygens (including phenoxy) is 1. The standard InChI is InChI=1S/C20H29N3O2/c24-20(17-21-16-19-9-5-15-25-19)23-13-11-22(12-14-23)10-4-8-18-6-2-1-3-7-18/h1-4,6-8,19,21H,5,9-17H2/b8-4+. The second-order valence-corrected chi connectivity index (χ2v) is 6.76. The highest BCUT2D eigenvalue weighted by Crippen LogP contribution is 2.10. The maximum absolute atomic E-state index is 12.3. The molecule has 2 heterocycles. The van der Waals surface area contributed by atoms with Crippen molar-refractivity contribution < 1.29 is 9.53 Å². The minimum Gasteiger partial charge on any atom is -0.377 e. The third-order valence-corrected chi connectivity index (χ3v) is 4.87. The Hall–Kier alpha value is -1.69. The van der Waals surface area contributed by atoms with Crippen molar-refractivity contribution in [1.82, 2.24) is 15.1 Å². The van der Waals surface area contributed by atoms with E-state index in [1.807, 2.05) is 11.0 Å². The number of carbonyl (C=O) groups excluding carboxylic acids is 1. The molecular weight excluding hydrogens is 314 g/mol. The van der Waals surface area contributed by atoms with Gasteiger partial charge >= 0.3 is 0 Å². The van der Waals surface area contributed by atoms with E-state index in [1.165, 1.54) is 5.56 Å². The second kappa shape index (κ2) is 9.70. The summed E-state index contributed by atoms with van der Waals surface area (Å²) in [6.45, 7) is 6.53. The Bertz CT molecular complexity index is 547. The molecule has 5 heteroatoms. The minimum absolute atomic E-state index is 0.206. The molecule has 0 bridgehead atoms. The van der Waals surface area contributed by atoms with E-state index in [2.05, 4.69) is 46.6 Å². The van der Waals surface area contributed by atoms with Crippen LogP contribution < -0.4 is 5.32 Å². The molecule has 1 aromatic rings. The zero-order valence-corrected chi connectivity index (χ0v) is 14.9. The third kappa shape index (κ3) is 5.96. The molecule has 0 radical (unpaired) electrons. The number of piperazine rings is 1. The number of nitrogens with zero attached hydrogens (tertiary/aromatic N) is 2. The zero-order chi connectivity index (χ0) is 17.3. The van der Waals surface area contributed by atoms with Crippen LogP contribution in [-0.2, 0) is 9.53 Å². The van der Waals surface area contributed by atoms with Crippen LogP contribution in [0.4, 0.5) is 0 Å². The minimum atomic E-state index is 0.206. The van der Waals surface area contributed by atoms with E-state index in [4.69, 9.17) is 4.74 Å². The first-order valence-corrected chi connectivity index (χ1v) is 9.35. The van der Waals surface area contributed by atoms with Gasteiger partial charge in [-0.1, -0.05) is 42.5 Å². The summed E-state index contributed by atoms with van der Waals surface area (Å²) in [5.41, 5.74) is 1.23. The summed E-state index contributed by atoms with van der Waals surface area (Å²) in [5, 5.41) is 3.25. The molecule has 2 aliphatic heterocycles. The van der Waals surface area contributed by atoms with Gasteiger partial charge in [0.25, 0.3) is 0 Å². The second-order valence-electron chi connectivity index (χ2n) is 6.76. The molecule has 1 aromatic carbocycles. The largest absolute Gasteiger partial charge is 0.377 e. The van der Waals surface area contributed by atoms with Crippen molar-refractivity contribution in [3.8, 4) is 0 Å². The number of amides is 1. The van der Waals surface area contributed by atoms with Crippen molar-refractivity contribution in [3.05, 3.63) is 42.0 Å². The van der Waals surface area contributed by atoms with E-state index in [0.717, 1.165) is 58.7 Å². The van der Waals surface area contributed by atoms with Gasteiger partial charge in [0.2, 0.25) is 5.91 Å². The fourth-order valence-electron chi connectivity index (χ4n) is 3.34. The topological polar surface area (TPSA) is 44.8 Å². The summed E-state index contributed by atoms with van der Waals surface area (Å²) < 4.78 is 5.56. The summed E-state index contributed by atoms with van der Waals surface area (Å²) in [5.74, 6) is 0.206. The molecule has 0 spiro atoms. The predicted molar refractivity (Wildman–Crippen MR) is 100 cm³/mol. The molecule has 25 heavy (non-hydrogen) atoms. The molecule has 2 fully saturated rings. The van der Waals surface area contributed by atoms with Gasteiger partial charge < -0.3 is 15.0 Å². The number of benzene rings is 1. The van der Waals surface area contributed by atoms with E-state index in [1.54, 1.807) is 0 Å². The van der Waals surface area contributed by atoms with Crippen LogP contribution >= 0.6 is 0 Å². The Morgan fingerprint density at radius 3 is 2.72 bits per heavy atom. The summed E-state index contributed by atoms with van der Waals surface area (Å²) in [6.07, 6.45) is 6.90. The van der Waals surface area contributed by atoms with Crippen LogP contribution in [0.1, 0.15) is 18.4 Å².